The summed E-state index contributed by atoms with van der Waals surface area (Å²) in [6.45, 7) is 4.28. The van der Waals surface area contributed by atoms with Crippen LogP contribution in [0, 0.1) is 0 Å². The van der Waals surface area contributed by atoms with Gasteiger partial charge in [0.1, 0.15) is 5.54 Å². The lowest BCUT2D eigenvalue weighted by molar-refractivity contribution is -0.124. The molecule has 0 radical (unpaired) electrons. The molecule has 1 saturated carbocycles. The normalized spacial score (nSPS) is 14.3. The number of hydrogen-bond acceptors (Lipinski definition) is 4. The van der Waals surface area contributed by atoms with Crippen molar-refractivity contribution in [1.29, 1.82) is 0 Å². The summed E-state index contributed by atoms with van der Waals surface area (Å²) in [5.74, 6) is -0.740. The average molecular weight is 345 g/mol. The summed E-state index contributed by atoms with van der Waals surface area (Å²) in [5.41, 5.74) is 0.262. The minimum absolute atomic E-state index is 0.189. The highest BCUT2D eigenvalue weighted by Gasteiger charge is 2.51. The number of carbonyl (C=O) groups excluding carboxylic acids is 3. The summed E-state index contributed by atoms with van der Waals surface area (Å²) in [6.07, 6.45) is 2.46. The molecule has 1 aliphatic rings. The van der Waals surface area contributed by atoms with Crippen LogP contribution in [-0.2, 0) is 14.3 Å². The maximum atomic E-state index is 12.4. The number of hydrogen-bond donors (Lipinski definition) is 2. The predicted octanol–water partition coefficient (Wildman–Crippen LogP) is 0.860. The number of anilines is 1. The highest BCUT2D eigenvalue weighted by molar-refractivity contribution is 6.02. The Labute approximate surface area is 147 Å². The maximum Gasteiger partial charge on any atom is 0.252 e. The summed E-state index contributed by atoms with van der Waals surface area (Å²) >= 11 is 0. The third kappa shape index (κ3) is 4.45. The molecule has 2 N–H and O–H groups in total. The first-order chi connectivity index (χ1) is 11.9. The van der Waals surface area contributed by atoms with Crippen LogP contribution in [0.4, 0.5) is 5.69 Å². The van der Waals surface area contributed by atoms with E-state index in [9.17, 15) is 14.4 Å². The Hall–Kier alpha value is -2.67. The lowest BCUT2D eigenvalue weighted by Gasteiger charge is -2.18. The van der Waals surface area contributed by atoms with Gasteiger partial charge in [-0.2, -0.15) is 0 Å². The van der Waals surface area contributed by atoms with Crippen LogP contribution in [-0.4, -0.2) is 50.6 Å². The average Bonchev–Trinajstić information content (AvgIpc) is 3.41. The first kappa shape index (κ1) is 18.7. The van der Waals surface area contributed by atoms with Gasteiger partial charge in [-0.3, -0.25) is 14.4 Å². The zero-order valence-electron chi connectivity index (χ0n) is 14.5. The third-order valence-electron chi connectivity index (χ3n) is 4.15. The molecule has 1 aromatic rings. The van der Waals surface area contributed by atoms with E-state index in [0.29, 0.717) is 37.2 Å². The molecule has 3 amide bonds. The lowest BCUT2D eigenvalue weighted by atomic mass is 10.1. The fourth-order valence-electron chi connectivity index (χ4n) is 2.36. The second kappa shape index (κ2) is 7.94. The van der Waals surface area contributed by atoms with E-state index in [1.165, 1.54) is 11.0 Å². The summed E-state index contributed by atoms with van der Waals surface area (Å²) in [7, 11) is 3.19. The topological polar surface area (TPSA) is 87.7 Å². The van der Waals surface area contributed by atoms with Crippen LogP contribution < -0.4 is 15.5 Å². The number of likely N-dealkylation sites (N-methyl/N-ethyl adjacent to an activating group) is 1. The van der Waals surface area contributed by atoms with Crippen LogP contribution in [0.1, 0.15) is 23.2 Å². The van der Waals surface area contributed by atoms with Gasteiger partial charge in [-0.1, -0.05) is 6.58 Å². The van der Waals surface area contributed by atoms with Crippen LogP contribution in [0.15, 0.2) is 36.9 Å². The van der Waals surface area contributed by atoms with Crippen molar-refractivity contribution in [2.45, 2.75) is 18.4 Å². The highest BCUT2D eigenvalue weighted by Crippen LogP contribution is 2.35. The number of methoxy groups -OCH3 is 1. The molecule has 1 aliphatic carbocycles. The van der Waals surface area contributed by atoms with Gasteiger partial charge in [-0.15, -0.1) is 0 Å². The van der Waals surface area contributed by atoms with Crippen LogP contribution in [0.2, 0.25) is 0 Å². The Morgan fingerprint density at radius 2 is 1.92 bits per heavy atom. The Balaban J connectivity index is 1.98. The first-order valence-corrected chi connectivity index (χ1v) is 8.03. The second-order valence-electron chi connectivity index (χ2n) is 5.93. The zero-order valence-corrected chi connectivity index (χ0v) is 14.5. The van der Waals surface area contributed by atoms with E-state index >= 15 is 0 Å². The van der Waals surface area contributed by atoms with Crippen LogP contribution in [0.25, 0.3) is 0 Å². The van der Waals surface area contributed by atoms with E-state index in [2.05, 4.69) is 17.2 Å². The SMILES string of the molecule is C=CC(=O)N(C)c1ccc(C(=O)NC2(C(=O)NCCOC)CC2)cc1. The van der Waals surface area contributed by atoms with Gasteiger partial charge in [0, 0.05) is 32.0 Å². The van der Waals surface area contributed by atoms with Crippen molar-refractivity contribution in [2.24, 2.45) is 0 Å². The predicted molar refractivity (Wildman–Crippen MR) is 94.4 cm³/mol. The number of carbonyl (C=O) groups is 3. The quantitative estimate of drug-likeness (QED) is 0.540. The smallest absolute Gasteiger partial charge is 0.252 e. The minimum atomic E-state index is -0.820. The van der Waals surface area contributed by atoms with Crippen molar-refractivity contribution in [3.05, 3.63) is 42.5 Å². The van der Waals surface area contributed by atoms with E-state index in [0.717, 1.165) is 0 Å². The summed E-state index contributed by atoms with van der Waals surface area (Å²) in [5, 5.41) is 5.56. The van der Waals surface area contributed by atoms with E-state index in [1.807, 2.05) is 0 Å². The third-order valence-corrected chi connectivity index (χ3v) is 4.15. The van der Waals surface area contributed by atoms with E-state index in [-0.39, 0.29) is 17.7 Å². The molecular formula is C18H23N3O4. The lowest BCUT2D eigenvalue weighted by Crippen LogP contribution is -2.49. The van der Waals surface area contributed by atoms with Gasteiger partial charge < -0.3 is 20.3 Å². The van der Waals surface area contributed by atoms with Gasteiger partial charge >= 0.3 is 0 Å². The molecule has 134 valence electrons. The minimum Gasteiger partial charge on any atom is -0.383 e. The number of nitrogens with one attached hydrogen (secondary N) is 2. The Morgan fingerprint density at radius 3 is 2.44 bits per heavy atom. The van der Waals surface area contributed by atoms with Crippen molar-refractivity contribution in [1.82, 2.24) is 10.6 Å². The van der Waals surface area contributed by atoms with E-state index in [4.69, 9.17) is 4.74 Å². The van der Waals surface area contributed by atoms with Gasteiger partial charge in [-0.25, -0.2) is 0 Å². The molecule has 7 heteroatoms. The molecule has 0 saturated heterocycles. The maximum absolute atomic E-state index is 12.4. The molecule has 0 spiro atoms. The molecule has 0 heterocycles. The Kier molecular flexibility index (Phi) is 5.93. The van der Waals surface area contributed by atoms with E-state index < -0.39 is 5.54 Å². The highest BCUT2D eigenvalue weighted by atomic mass is 16.5. The van der Waals surface area contributed by atoms with Crippen molar-refractivity contribution in [3.8, 4) is 0 Å². The Bertz CT molecular complexity index is 665. The molecule has 1 aromatic carbocycles. The number of nitrogens with zero attached hydrogens (tertiary/aromatic N) is 1. The summed E-state index contributed by atoms with van der Waals surface area (Å²) in [6, 6.07) is 6.59. The summed E-state index contributed by atoms with van der Waals surface area (Å²) < 4.78 is 4.89. The molecule has 1 fully saturated rings. The van der Waals surface area contributed by atoms with Gasteiger partial charge in [0.25, 0.3) is 5.91 Å². The van der Waals surface area contributed by atoms with Crippen LogP contribution in [0.3, 0.4) is 0 Å². The zero-order chi connectivity index (χ0) is 18.4. The van der Waals surface area contributed by atoms with Crippen LogP contribution >= 0.6 is 0 Å². The number of rotatable bonds is 8. The van der Waals surface area contributed by atoms with Gasteiger partial charge in [0.2, 0.25) is 11.8 Å². The Morgan fingerprint density at radius 1 is 1.28 bits per heavy atom. The largest absolute Gasteiger partial charge is 0.383 e. The fourth-order valence-corrected chi connectivity index (χ4v) is 2.36. The van der Waals surface area contributed by atoms with Crippen molar-refractivity contribution in [2.75, 3.05) is 32.2 Å². The molecular weight excluding hydrogens is 322 g/mol. The van der Waals surface area contributed by atoms with Crippen molar-refractivity contribution >= 4 is 23.4 Å². The van der Waals surface area contributed by atoms with E-state index in [1.54, 1.807) is 38.4 Å². The standard InChI is InChI=1S/C18H23N3O4/c1-4-15(22)21(2)14-7-5-13(6-8-14)16(23)20-18(9-10-18)17(24)19-11-12-25-3/h4-8H,1,9-12H2,2-3H3,(H,19,24)(H,20,23). The van der Waals surface area contributed by atoms with Gasteiger partial charge in [0.15, 0.2) is 0 Å². The van der Waals surface area contributed by atoms with Crippen molar-refractivity contribution in [3.63, 3.8) is 0 Å². The van der Waals surface area contributed by atoms with Gasteiger partial charge in [0.05, 0.1) is 6.61 Å². The number of amides is 3. The molecule has 0 unspecified atom stereocenters. The summed E-state index contributed by atoms with van der Waals surface area (Å²) in [4.78, 5) is 37.6. The fraction of sp³-hybridized carbons (Fsp3) is 0.389. The second-order valence-corrected chi connectivity index (χ2v) is 5.93. The van der Waals surface area contributed by atoms with Crippen molar-refractivity contribution < 1.29 is 19.1 Å². The molecule has 7 nitrogen and oxygen atoms in total. The molecule has 2 rings (SSSR count). The molecule has 0 aliphatic heterocycles. The number of ether oxygens (including phenoxy) is 1. The molecule has 0 atom stereocenters. The van der Waals surface area contributed by atoms with Gasteiger partial charge in [-0.05, 0) is 43.2 Å². The monoisotopic (exact) mass is 345 g/mol. The first-order valence-electron chi connectivity index (χ1n) is 8.03. The molecule has 0 aromatic heterocycles. The van der Waals surface area contributed by atoms with Crippen LogP contribution in [0.5, 0.6) is 0 Å². The number of benzene rings is 1. The molecule has 0 bridgehead atoms. The molecule has 25 heavy (non-hydrogen) atoms.